The molecule has 0 saturated heterocycles. The van der Waals surface area contributed by atoms with Crippen LogP contribution in [0.3, 0.4) is 0 Å². The third-order valence-electron chi connectivity index (χ3n) is 5.34. The molecule has 0 bridgehead atoms. The molecule has 7 nitrogen and oxygen atoms in total. The summed E-state index contributed by atoms with van der Waals surface area (Å²) in [6.07, 6.45) is 4.51. The molecule has 0 N–H and O–H groups in total. The molecule has 0 amide bonds. The van der Waals surface area contributed by atoms with E-state index >= 15 is 0 Å². The number of carbonyl (C=O) groups excluding carboxylic acids is 3. The smallest absolute Gasteiger partial charge is 0.493 e. The molecule has 0 unspecified atom stereocenters. The van der Waals surface area contributed by atoms with E-state index in [1.807, 2.05) is 55.5 Å². The largest absolute Gasteiger partial charge is 0.698 e. The number of benzene rings is 2. The second-order valence-electron chi connectivity index (χ2n) is 9.36. The molecule has 2 rings (SSSR count). The van der Waals surface area contributed by atoms with Crippen LogP contribution in [0.2, 0.25) is 6.04 Å². The first-order valence-corrected chi connectivity index (χ1v) is 14.8. The van der Waals surface area contributed by atoms with E-state index in [0.717, 1.165) is 22.4 Å². The summed E-state index contributed by atoms with van der Waals surface area (Å²) in [7, 11) is -3.66. The minimum absolute atomic E-state index is 0.196. The number of para-hydroxylation sites is 1. The summed E-state index contributed by atoms with van der Waals surface area (Å²) >= 11 is 0. The molecular formula is C31H38O7Si. The quantitative estimate of drug-likeness (QED) is 0.103. The number of carbonyl (C=O) groups is 3. The van der Waals surface area contributed by atoms with Crippen molar-refractivity contribution in [1.29, 1.82) is 0 Å². The topological polar surface area (TPSA) is 88.1 Å². The second-order valence-corrected chi connectivity index (χ2v) is 11.8. The predicted octanol–water partition coefficient (Wildman–Crippen LogP) is 6.90. The Balaban J connectivity index is 2.37. The van der Waals surface area contributed by atoms with Gasteiger partial charge < -0.3 is 18.0 Å². The number of ether oxygens (including phenoxy) is 1. The van der Waals surface area contributed by atoms with Gasteiger partial charge in [0.15, 0.2) is 17.3 Å². The van der Waals surface area contributed by atoms with Gasteiger partial charge in [-0.05, 0) is 66.0 Å². The Labute approximate surface area is 232 Å². The van der Waals surface area contributed by atoms with E-state index in [2.05, 4.69) is 0 Å². The number of ketones is 3. The summed E-state index contributed by atoms with van der Waals surface area (Å²) in [5.74, 6) is 1.13. The Morgan fingerprint density at radius 3 is 1.64 bits per heavy atom. The molecule has 0 spiro atoms. The van der Waals surface area contributed by atoms with Crippen molar-refractivity contribution in [2.24, 2.45) is 0 Å². The van der Waals surface area contributed by atoms with Crippen LogP contribution in [0.4, 0.5) is 0 Å². The fourth-order valence-corrected chi connectivity index (χ4v) is 6.71. The van der Waals surface area contributed by atoms with Crippen molar-refractivity contribution in [2.45, 2.75) is 60.9 Å². The first kappa shape index (κ1) is 31.3. The lowest BCUT2D eigenvalue weighted by Crippen LogP contribution is -2.45. The van der Waals surface area contributed by atoms with Gasteiger partial charge in [0.1, 0.15) is 5.75 Å². The Morgan fingerprint density at radius 1 is 0.692 bits per heavy atom. The Kier molecular flexibility index (Phi) is 11.9. The summed E-state index contributed by atoms with van der Waals surface area (Å²) in [5.41, 5.74) is 3.04. The van der Waals surface area contributed by atoms with Gasteiger partial charge in [0.05, 0.1) is 29.9 Å². The molecule has 0 aliphatic carbocycles. The molecule has 0 heterocycles. The summed E-state index contributed by atoms with van der Waals surface area (Å²) in [6, 6.07) is 16.3. The van der Waals surface area contributed by atoms with Gasteiger partial charge in [-0.2, -0.15) is 0 Å². The molecule has 2 aromatic carbocycles. The number of rotatable bonds is 15. The average Bonchev–Trinajstić information content (AvgIpc) is 2.81. The van der Waals surface area contributed by atoms with Gasteiger partial charge in [-0.3, -0.25) is 14.4 Å². The van der Waals surface area contributed by atoms with Crippen molar-refractivity contribution in [3.05, 3.63) is 89.6 Å². The SMILES string of the molecule is CC(=O)/C=C(/C)O[Si](CCCOc1c(C)cccc1-c1ccccc1)(O/C(C)=C/C(C)=O)O/C(C)=C/C(C)=O. The number of hydrogen-bond acceptors (Lipinski definition) is 7. The molecule has 0 saturated carbocycles. The van der Waals surface area contributed by atoms with Crippen LogP contribution in [0.25, 0.3) is 11.1 Å². The van der Waals surface area contributed by atoms with E-state index in [0.29, 0.717) is 30.3 Å². The van der Waals surface area contributed by atoms with Crippen LogP contribution >= 0.6 is 0 Å². The minimum atomic E-state index is -3.66. The number of hydrogen-bond donors (Lipinski definition) is 0. The lowest BCUT2D eigenvalue weighted by Gasteiger charge is -2.31. The van der Waals surface area contributed by atoms with E-state index in [4.69, 9.17) is 18.0 Å². The fraction of sp³-hybridized carbons (Fsp3) is 0.323. The molecule has 39 heavy (non-hydrogen) atoms. The summed E-state index contributed by atoms with van der Waals surface area (Å²) in [6.45, 7) is 11.5. The lowest BCUT2D eigenvalue weighted by molar-refractivity contribution is -0.113. The summed E-state index contributed by atoms with van der Waals surface area (Å²) in [4.78, 5) is 35.2. The Bertz CT molecular complexity index is 1180. The van der Waals surface area contributed by atoms with Gasteiger partial charge in [0.2, 0.25) is 0 Å². The van der Waals surface area contributed by atoms with Crippen molar-refractivity contribution in [2.75, 3.05) is 6.61 Å². The van der Waals surface area contributed by atoms with E-state index in [-0.39, 0.29) is 23.4 Å². The van der Waals surface area contributed by atoms with Crippen molar-refractivity contribution >= 4 is 26.2 Å². The minimum Gasteiger partial charge on any atom is -0.493 e. The van der Waals surface area contributed by atoms with Crippen LogP contribution in [-0.4, -0.2) is 32.8 Å². The second kappa shape index (κ2) is 14.9. The van der Waals surface area contributed by atoms with E-state index in [9.17, 15) is 14.4 Å². The van der Waals surface area contributed by atoms with E-state index < -0.39 is 8.80 Å². The maximum Gasteiger partial charge on any atom is 0.698 e. The molecule has 2 aromatic rings. The molecule has 208 valence electrons. The van der Waals surface area contributed by atoms with Crippen LogP contribution in [0.5, 0.6) is 5.75 Å². The normalized spacial score (nSPS) is 12.5. The number of aryl methyl sites for hydroxylation is 1. The van der Waals surface area contributed by atoms with Crippen LogP contribution in [-0.2, 0) is 27.7 Å². The van der Waals surface area contributed by atoms with Crippen LogP contribution in [0.15, 0.2) is 84.0 Å². The molecule has 8 heteroatoms. The predicted molar refractivity (Wildman–Crippen MR) is 154 cm³/mol. The van der Waals surface area contributed by atoms with Crippen molar-refractivity contribution in [1.82, 2.24) is 0 Å². The first-order chi connectivity index (χ1) is 18.4. The van der Waals surface area contributed by atoms with Gasteiger partial charge in [-0.15, -0.1) is 0 Å². The Morgan fingerprint density at radius 2 is 1.18 bits per heavy atom. The zero-order valence-electron chi connectivity index (χ0n) is 23.8. The molecule has 0 atom stereocenters. The molecular weight excluding hydrogens is 512 g/mol. The molecule has 0 aliphatic heterocycles. The zero-order valence-corrected chi connectivity index (χ0v) is 24.8. The van der Waals surface area contributed by atoms with Gasteiger partial charge >= 0.3 is 8.80 Å². The highest BCUT2D eigenvalue weighted by Crippen LogP contribution is 2.33. The zero-order chi connectivity index (χ0) is 29.0. The summed E-state index contributed by atoms with van der Waals surface area (Å²) in [5, 5.41) is 0. The molecule has 0 radical (unpaired) electrons. The van der Waals surface area contributed by atoms with Crippen LogP contribution in [0.1, 0.15) is 53.5 Å². The molecule has 0 aromatic heterocycles. The monoisotopic (exact) mass is 550 g/mol. The van der Waals surface area contributed by atoms with E-state index in [1.165, 1.54) is 39.0 Å². The third kappa shape index (κ3) is 10.8. The highest BCUT2D eigenvalue weighted by atomic mass is 28.4. The van der Waals surface area contributed by atoms with Crippen LogP contribution in [0, 0.1) is 6.92 Å². The third-order valence-corrected chi connectivity index (χ3v) is 8.20. The van der Waals surface area contributed by atoms with Gasteiger partial charge in [-0.25, -0.2) is 0 Å². The maximum absolute atomic E-state index is 11.7. The lowest BCUT2D eigenvalue weighted by atomic mass is 10.0. The molecule has 0 aliphatic rings. The highest BCUT2D eigenvalue weighted by Gasteiger charge is 2.49. The first-order valence-electron chi connectivity index (χ1n) is 12.8. The van der Waals surface area contributed by atoms with Crippen molar-refractivity contribution < 1.29 is 32.4 Å². The summed E-state index contributed by atoms with van der Waals surface area (Å²) < 4.78 is 24.9. The van der Waals surface area contributed by atoms with Gasteiger partial charge in [-0.1, -0.05) is 48.5 Å². The molecule has 0 fully saturated rings. The van der Waals surface area contributed by atoms with Crippen molar-refractivity contribution in [3.8, 4) is 16.9 Å². The number of allylic oxidation sites excluding steroid dienone is 6. The van der Waals surface area contributed by atoms with Gasteiger partial charge in [0.25, 0.3) is 0 Å². The average molecular weight is 551 g/mol. The standard InChI is InChI=1S/C31H38O7Si/c1-22-13-11-16-30(29-14-9-8-10-15-29)31(22)35-17-12-18-39(36-26(5)19-23(2)32,37-27(6)20-24(3)33)38-28(7)21-25(4)34/h8-11,13-16,19-21H,12,17-18H2,1-7H3/b26-19-,27-20+,28-21+. The van der Waals surface area contributed by atoms with Gasteiger partial charge in [0, 0.05) is 23.8 Å². The van der Waals surface area contributed by atoms with E-state index in [1.54, 1.807) is 20.8 Å². The fourth-order valence-electron chi connectivity index (χ4n) is 4.05. The van der Waals surface area contributed by atoms with Crippen LogP contribution < -0.4 is 4.74 Å². The Hall–Kier alpha value is -3.91. The highest BCUT2D eigenvalue weighted by molar-refractivity contribution is 6.61. The maximum atomic E-state index is 11.7. The van der Waals surface area contributed by atoms with Crippen molar-refractivity contribution in [3.63, 3.8) is 0 Å².